The molecule has 1 amide bonds. The summed E-state index contributed by atoms with van der Waals surface area (Å²) in [4.78, 5) is 23.7. The molecule has 0 aromatic heterocycles. The molecule has 2 rings (SSSR count). The molecule has 0 heterocycles. The lowest BCUT2D eigenvalue weighted by Crippen LogP contribution is -2.35. The smallest absolute Gasteiger partial charge is 0.338 e. The summed E-state index contributed by atoms with van der Waals surface area (Å²) in [6.07, 6.45) is 0.683. The van der Waals surface area contributed by atoms with Crippen molar-refractivity contribution in [3.05, 3.63) is 78.4 Å². The van der Waals surface area contributed by atoms with Gasteiger partial charge in [-0.1, -0.05) is 36.4 Å². The number of ether oxygens (including phenoxy) is 2. The molecule has 0 aliphatic rings. The van der Waals surface area contributed by atoms with Gasteiger partial charge in [0.25, 0.3) is 5.91 Å². The number of esters is 1. The first-order chi connectivity index (χ1) is 12.1. The summed E-state index contributed by atoms with van der Waals surface area (Å²) in [5, 5.41) is 2.58. The van der Waals surface area contributed by atoms with Gasteiger partial charge in [-0.15, -0.1) is 6.58 Å². The molecule has 2 aromatic carbocycles. The monoisotopic (exact) mass is 339 g/mol. The fraction of sp³-hybridized carbons (Fsp3) is 0.200. The lowest BCUT2D eigenvalue weighted by Gasteiger charge is -2.13. The zero-order chi connectivity index (χ0) is 18.1. The van der Waals surface area contributed by atoms with Crippen LogP contribution < -0.4 is 10.1 Å². The number of benzene rings is 2. The topological polar surface area (TPSA) is 64.6 Å². The maximum absolute atomic E-state index is 12.1. The third-order valence-electron chi connectivity index (χ3n) is 3.41. The van der Waals surface area contributed by atoms with Crippen molar-refractivity contribution in [3.8, 4) is 5.75 Å². The second-order valence-corrected chi connectivity index (χ2v) is 5.38. The minimum Gasteiger partial charge on any atom is -0.489 e. The van der Waals surface area contributed by atoms with E-state index in [-0.39, 0.29) is 5.91 Å². The van der Waals surface area contributed by atoms with Crippen LogP contribution in [0.3, 0.4) is 0 Å². The second-order valence-electron chi connectivity index (χ2n) is 5.38. The molecule has 0 bridgehead atoms. The van der Waals surface area contributed by atoms with E-state index in [0.717, 1.165) is 5.56 Å². The molecule has 0 saturated carbocycles. The number of hydrogen-bond donors (Lipinski definition) is 1. The third-order valence-corrected chi connectivity index (χ3v) is 3.41. The highest BCUT2D eigenvalue weighted by atomic mass is 16.5. The molecule has 0 fully saturated rings. The highest BCUT2D eigenvalue weighted by Crippen LogP contribution is 2.15. The summed E-state index contributed by atoms with van der Waals surface area (Å²) in [6.45, 7) is 5.81. The summed E-state index contributed by atoms with van der Waals surface area (Å²) in [5.74, 6) is -0.274. The van der Waals surface area contributed by atoms with Crippen LogP contribution in [0.15, 0.2) is 67.3 Å². The summed E-state index contributed by atoms with van der Waals surface area (Å²) in [7, 11) is 0. The van der Waals surface area contributed by atoms with Gasteiger partial charge < -0.3 is 14.8 Å². The van der Waals surface area contributed by atoms with Crippen molar-refractivity contribution < 1.29 is 19.1 Å². The number of amides is 1. The fourth-order valence-corrected chi connectivity index (χ4v) is 2.03. The number of nitrogens with one attached hydrogen (secondary N) is 1. The van der Waals surface area contributed by atoms with Gasteiger partial charge in [-0.05, 0) is 36.8 Å². The Labute approximate surface area is 147 Å². The molecule has 130 valence electrons. The first-order valence-corrected chi connectivity index (χ1v) is 7.96. The largest absolute Gasteiger partial charge is 0.489 e. The zero-order valence-corrected chi connectivity index (χ0v) is 14.1. The van der Waals surface area contributed by atoms with Gasteiger partial charge in [0.05, 0.1) is 5.56 Å². The Morgan fingerprint density at radius 2 is 1.80 bits per heavy atom. The molecular formula is C20H21NO4. The second kappa shape index (κ2) is 9.27. The Hall–Kier alpha value is -3.08. The Balaban J connectivity index is 1.87. The van der Waals surface area contributed by atoms with Gasteiger partial charge in [0.15, 0.2) is 6.10 Å². The van der Waals surface area contributed by atoms with E-state index in [9.17, 15) is 9.59 Å². The lowest BCUT2D eigenvalue weighted by atomic mass is 10.2. The maximum Gasteiger partial charge on any atom is 0.338 e. The van der Waals surface area contributed by atoms with Crippen molar-refractivity contribution in [1.29, 1.82) is 0 Å². The van der Waals surface area contributed by atoms with Gasteiger partial charge in [-0.2, -0.15) is 0 Å². The molecule has 0 spiro atoms. The molecule has 0 unspecified atom stereocenters. The fourth-order valence-electron chi connectivity index (χ4n) is 2.03. The normalized spacial score (nSPS) is 11.2. The van der Waals surface area contributed by atoms with Crippen molar-refractivity contribution in [2.75, 3.05) is 6.54 Å². The highest BCUT2D eigenvalue weighted by molar-refractivity contribution is 5.92. The standard InChI is InChI=1S/C20H21NO4/c1-3-13-21-19(22)15(2)25-20(23)17-9-11-18(12-10-17)24-14-16-7-5-4-6-8-16/h3-12,15H,1,13-14H2,2H3,(H,21,22)/t15-/m1/s1. The van der Waals surface area contributed by atoms with Gasteiger partial charge in [-0.3, -0.25) is 4.79 Å². The van der Waals surface area contributed by atoms with Crippen LogP contribution >= 0.6 is 0 Å². The van der Waals surface area contributed by atoms with Gasteiger partial charge in [-0.25, -0.2) is 4.79 Å². The zero-order valence-electron chi connectivity index (χ0n) is 14.1. The lowest BCUT2D eigenvalue weighted by molar-refractivity contribution is -0.128. The Morgan fingerprint density at radius 1 is 1.12 bits per heavy atom. The minimum atomic E-state index is -0.874. The van der Waals surface area contributed by atoms with Crippen LogP contribution in [0.1, 0.15) is 22.8 Å². The van der Waals surface area contributed by atoms with Crippen LogP contribution in [0.25, 0.3) is 0 Å². The van der Waals surface area contributed by atoms with Crippen molar-refractivity contribution in [1.82, 2.24) is 5.32 Å². The van der Waals surface area contributed by atoms with E-state index in [0.29, 0.717) is 24.5 Å². The van der Waals surface area contributed by atoms with Crippen molar-refractivity contribution in [2.24, 2.45) is 0 Å². The molecule has 5 heteroatoms. The summed E-state index contributed by atoms with van der Waals surface area (Å²) in [5.41, 5.74) is 1.42. The molecule has 2 aromatic rings. The van der Waals surface area contributed by atoms with Crippen molar-refractivity contribution >= 4 is 11.9 Å². The third kappa shape index (κ3) is 5.80. The van der Waals surface area contributed by atoms with Crippen molar-refractivity contribution in [3.63, 3.8) is 0 Å². The molecule has 0 aliphatic heterocycles. The number of rotatable bonds is 8. The molecular weight excluding hydrogens is 318 g/mol. The van der Waals surface area contributed by atoms with Gasteiger partial charge >= 0.3 is 5.97 Å². The highest BCUT2D eigenvalue weighted by Gasteiger charge is 2.18. The average Bonchev–Trinajstić information content (AvgIpc) is 2.65. The van der Waals surface area contributed by atoms with E-state index in [1.807, 2.05) is 30.3 Å². The summed E-state index contributed by atoms with van der Waals surface area (Å²) in [6, 6.07) is 16.4. The van der Waals surface area contributed by atoms with Gasteiger partial charge in [0.1, 0.15) is 12.4 Å². The average molecular weight is 339 g/mol. The Morgan fingerprint density at radius 3 is 2.44 bits per heavy atom. The maximum atomic E-state index is 12.1. The summed E-state index contributed by atoms with van der Waals surface area (Å²) < 4.78 is 10.8. The summed E-state index contributed by atoms with van der Waals surface area (Å²) >= 11 is 0. The van der Waals surface area contributed by atoms with Crippen LogP contribution in [0, 0.1) is 0 Å². The van der Waals surface area contributed by atoms with Crippen LogP contribution in [0.2, 0.25) is 0 Å². The predicted molar refractivity (Wildman–Crippen MR) is 95.3 cm³/mol. The predicted octanol–water partition coefficient (Wildman–Crippen LogP) is 3.11. The Bertz CT molecular complexity index is 710. The van der Waals surface area contributed by atoms with Crippen molar-refractivity contribution in [2.45, 2.75) is 19.6 Å². The first kappa shape index (κ1) is 18.3. The van der Waals surface area contributed by atoms with E-state index < -0.39 is 12.1 Å². The van der Waals surface area contributed by atoms with Crippen LogP contribution in [0.4, 0.5) is 0 Å². The SMILES string of the molecule is C=CCNC(=O)[C@@H](C)OC(=O)c1ccc(OCc2ccccc2)cc1. The molecule has 0 saturated heterocycles. The van der Waals surface area contributed by atoms with E-state index in [1.54, 1.807) is 30.3 Å². The van der Waals surface area contributed by atoms with Crippen LogP contribution in [-0.2, 0) is 16.1 Å². The van der Waals surface area contributed by atoms with E-state index >= 15 is 0 Å². The Kier molecular flexibility index (Phi) is 6.77. The van der Waals surface area contributed by atoms with E-state index in [4.69, 9.17) is 9.47 Å². The first-order valence-electron chi connectivity index (χ1n) is 7.96. The molecule has 5 nitrogen and oxygen atoms in total. The van der Waals surface area contributed by atoms with Gasteiger partial charge in [0, 0.05) is 6.54 Å². The van der Waals surface area contributed by atoms with Gasteiger partial charge in [0.2, 0.25) is 0 Å². The number of carbonyl (C=O) groups is 2. The van der Waals surface area contributed by atoms with Crippen LogP contribution in [-0.4, -0.2) is 24.5 Å². The minimum absolute atomic E-state index is 0.328. The quantitative estimate of drug-likeness (QED) is 0.593. The number of carbonyl (C=O) groups excluding carboxylic acids is 2. The molecule has 0 aliphatic carbocycles. The van der Waals surface area contributed by atoms with E-state index in [1.165, 1.54) is 6.92 Å². The molecule has 25 heavy (non-hydrogen) atoms. The van der Waals surface area contributed by atoms with Crippen LogP contribution in [0.5, 0.6) is 5.75 Å². The molecule has 1 N–H and O–H groups in total. The molecule has 0 radical (unpaired) electrons. The number of hydrogen-bond acceptors (Lipinski definition) is 4. The molecule has 1 atom stereocenters. The van der Waals surface area contributed by atoms with E-state index in [2.05, 4.69) is 11.9 Å².